The average molecular weight is 485 g/mol. The third kappa shape index (κ3) is 6.85. The van der Waals surface area contributed by atoms with Gasteiger partial charge in [-0.1, -0.05) is 51.1 Å². The number of nitrogens with zero attached hydrogens (tertiary/aromatic N) is 1. The van der Waals surface area contributed by atoms with E-state index in [2.05, 4.69) is 97.2 Å². The molecule has 1 heterocycles. The van der Waals surface area contributed by atoms with Gasteiger partial charge in [0.05, 0.1) is 12.7 Å². The minimum atomic E-state index is -2.10. The Kier molecular flexibility index (Phi) is 9.36. The van der Waals surface area contributed by atoms with Crippen molar-refractivity contribution in [3.63, 3.8) is 0 Å². The van der Waals surface area contributed by atoms with Crippen LogP contribution in [0.1, 0.15) is 54.0 Å². The summed E-state index contributed by atoms with van der Waals surface area (Å²) in [5.41, 5.74) is 1.21. The Morgan fingerprint density at radius 3 is 2.19 bits per heavy atom. The van der Waals surface area contributed by atoms with Crippen LogP contribution in [0.3, 0.4) is 0 Å². The Bertz CT molecular complexity index is 708. The largest absolute Gasteiger partial charge is 0.408 e. The van der Waals surface area contributed by atoms with E-state index in [1.54, 1.807) is 0 Å². The Balaban J connectivity index is 2.39. The molecular formula is C25H46NO4PSi. The summed E-state index contributed by atoms with van der Waals surface area (Å²) in [6.45, 7) is 22.5. The van der Waals surface area contributed by atoms with Crippen molar-refractivity contribution in [1.82, 2.24) is 4.67 Å². The Labute approximate surface area is 200 Å². The lowest BCUT2D eigenvalue weighted by Gasteiger charge is -2.42. The zero-order valence-electron chi connectivity index (χ0n) is 22.8. The molecule has 0 radical (unpaired) electrons. The minimum Gasteiger partial charge on any atom is -0.408 e. The van der Waals surface area contributed by atoms with Gasteiger partial charge in [-0.15, -0.1) is 0 Å². The predicted octanol–water partition coefficient (Wildman–Crippen LogP) is 5.82. The molecule has 0 saturated carbocycles. The highest BCUT2D eigenvalue weighted by molar-refractivity contribution is 7.49. The first kappa shape index (κ1) is 26.3. The lowest BCUT2D eigenvalue weighted by Crippen LogP contribution is -2.50. The zero-order valence-corrected chi connectivity index (χ0v) is 23.7. The molecule has 1 aliphatic rings. The van der Waals surface area contributed by atoms with Crippen molar-refractivity contribution in [3.05, 3.63) is 35.9 Å². The fourth-order valence-electron chi connectivity index (χ4n) is 4.21. The molecular weight excluding hydrogens is 437 g/mol. The van der Waals surface area contributed by atoms with E-state index in [-0.39, 0.29) is 36.1 Å². The van der Waals surface area contributed by atoms with Gasteiger partial charge in [0, 0.05) is 18.5 Å². The fraction of sp³-hybridized carbons (Fsp3) is 0.760. The van der Waals surface area contributed by atoms with Gasteiger partial charge >= 0.3 is 0 Å². The van der Waals surface area contributed by atoms with E-state index >= 15 is 0 Å². The maximum Gasteiger partial charge on any atom is 0.210 e. The van der Waals surface area contributed by atoms with Gasteiger partial charge in [0.15, 0.2) is 8.32 Å². The van der Waals surface area contributed by atoms with E-state index in [1.165, 1.54) is 5.56 Å². The van der Waals surface area contributed by atoms with Crippen molar-refractivity contribution in [2.45, 2.75) is 110 Å². The first-order valence-electron chi connectivity index (χ1n) is 12.3. The van der Waals surface area contributed by atoms with Crippen LogP contribution in [-0.2, 0) is 20.1 Å². The molecule has 5 nitrogen and oxygen atoms in total. The summed E-state index contributed by atoms with van der Waals surface area (Å²) in [4.78, 5) is 0. The molecule has 0 spiro atoms. The quantitative estimate of drug-likeness (QED) is 0.317. The number of aliphatic hydroxyl groups is 1. The summed E-state index contributed by atoms with van der Waals surface area (Å²) >= 11 is 0. The summed E-state index contributed by atoms with van der Waals surface area (Å²) in [6.07, 6.45) is -0.237. The van der Waals surface area contributed by atoms with E-state index in [4.69, 9.17) is 20.2 Å². The van der Waals surface area contributed by atoms with E-state index < -0.39 is 16.6 Å². The van der Waals surface area contributed by atoms with Crippen molar-refractivity contribution in [3.8, 4) is 0 Å². The molecule has 2 rings (SSSR count). The van der Waals surface area contributed by atoms with E-state index in [0.717, 1.165) is 6.42 Å². The second kappa shape index (κ2) is 11.4. The molecule has 5 atom stereocenters. The summed E-state index contributed by atoms with van der Waals surface area (Å²) in [5, 5.41) is 4.90. The Morgan fingerprint density at radius 1 is 1.09 bits per heavy atom. The molecule has 1 aromatic carbocycles. The summed E-state index contributed by atoms with van der Waals surface area (Å²) < 4.78 is 30.2. The molecule has 0 bridgehead atoms. The molecule has 7 heteroatoms. The van der Waals surface area contributed by atoms with Gasteiger partial charge in [-0.3, -0.25) is 4.67 Å². The molecule has 1 aliphatic heterocycles. The molecule has 0 amide bonds. The van der Waals surface area contributed by atoms with Crippen LogP contribution in [0.2, 0.25) is 18.1 Å². The van der Waals surface area contributed by atoms with E-state index in [9.17, 15) is 0 Å². The van der Waals surface area contributed by atoms with Crippen LogP contribution >= 0.6 is 8.30 Å². The molecule has 184 valence electrons. The molecule has 32 heavy (non-hydrogen) atoms. The van der Waals surface area contributed by atoms with Gasteiger partial charge in [-0.2, -0.15) is 0 Å². The number of benzene rings is 1. The van der Waals surface area contributed by atoms with E-state index in [1.807, 2.05) is 6.07 Å². The number of hydrogen-bond acceptors (Lipinski definition) is 5. The lowest BCUT2D eigenvalue weighted by atomic mass is 10.0. The van der Waals surface area contributed by atoms with Crippen LogP contribution in [0.15, 0.2) is 30.3 Å². The number of aliphatic hydroxyl groups excluding tert-OH is 1. The summed E-state index contributed by atoms with van der Waals surface area (Å²) in [7, 11) is -2.97. The first-order chi connectivity index (χ1) is 15.3. The molecule has 1 fully saturated rings. The minimum absolute atomic E-state index is 0.0672. The second-order valence-corrected chi connectivity index (χ2v) is 17.4. The van der Waals surface area contributed by atoms with Gasteiger partial charge in [0.1, 0.15) is 26.6 Å². The van der Waals surface area contributed by atoms with Gasteiger partial charge in [-0.05, 0) is 58.1 Å². The molecule has 1 aromatic rings. The highest BCUT2D eigenvalue weighted by Gasteiger charge is 2.51. The number of rotatable bonds is 11. The highest BCUT2D eigenvalue weighted by atomic mass is 31.2. The average Bonchev–Trinajstić information content (AvgIpc) is 2.97. The zero-order chi connectivity index (χ0) is 25.0. The van der Waals surface area contributed by atoms with Crippen molar-refractivity contribution >= 4 is 16.6 Å². The maximum absolute atomic E-state index is 7.42. The van der Waals surface area contributed by atoms with Crippen molar-refractivity contribution in [2.75, 3.05) is 13.3 Å². The second-order valence-electron chi connectivity index (χ2n) is 11.0. The molecule has 0 aromatic heterocycles. The predicted molar refractivity (Wildman–Crippen MR) is 138 cm³/mol. The lowest BCUT2D eigenvalue weighted by molar-refractivity contribution is -0.0165. The SMILES string of the molecule is [2H]OC[C@H]1O[C@@H](Cc2ccccc2)[C@@H](O[Si](C)(C)C(C)(C)C)C1OP(C)N(C(C)C)C(C)C. The Hall–Kier alpha value is -0.333. The maximum atomic E-state index is 7.42. The third-order valence-corrected chi connectivity index (χ3v) is 13.3. The molecule has 1 N–H and O–H groups in total. The highest BCUT2D eigenvalue weighted by Crippen LogP contribution is 2.47. The monoisotopic (exact) mass is 484 g/mol. The Morgan fingerprint density at radius 2 is 1.69 bits per heavy atom. The molecule has 1 saturated heterocycles. The van der Waals surface area contributed by atoms with Crippen LogP contribution < -0.4 is 0 Å². The topological polar surface area (TPSA) is 51.2 Å². The normalized spacial score (nSPS) is 26.2. The smallest absolute Gasteiger partial charge is 0.210 e. The van der Waals surface area contributed by atoms with Crippen LogP contribution in [0.4, 0.5) is 0 Å². The first-order valence-corrected chi connectivity index (χ1v) is 16.5. The van der Waals surface area contributed by atoms with Gasteiger partial charge in [0.25, 0.3) is 0 Å². The summed E-state index contributed by atoms with van der Waals surface area (Å²) in [6, 6.07) is 11.1. The van der Waals surface area contributed by atoms with Crippen LogP contribution in [-0.4, -0.2) is 69.3 Å². The van der Waals surface area contributed by atoms with Crippen LogP contribution in [0.5, 0.6) is 0 Å². The third-order valence-electron chi connectivity index (χ3n) is 6.74. The van der Waals surface area contributed by atoms with Crippen molar-refractivity contribution in [2.24, 2.45) is 0 Å². The molecule has 0 aliphatic carbocycles. The van der Waals surface area contributed by atoms with Gasteiger partial charge in [0.2, 0.25) is 1.43 Å². The van der Waals surface area contributed by atoms with Crippen LogP contribution in [0.25, 0.3) is 0 Å². The van der Waals surface area contributed by atoms with Crippen LogP contribution in [0, 0.1) is 0 Å². The molecule has 2 unspecified atom stereocenters. The fourth-order valence-corrected chi connectivity index (χ4v) is 7.55. The summed E-state index contributed by atoms with van der Waals surface area (Å²) in [5.74, 6) is 0. The van der Waals surface area contributed by atoms with E-state index in [0.29, 0.717) is 12.1 Å². The van der Waals surface area contributed by atoms with Gasteiger partial charge in [-0.25, -0.2) is 0 Å². The number of ether oxygens (including phenoxy) is 1. The number of hydrogen-bond donors (Lipinski definition) is 1. The van der Waals surface area contributed by atoms with Gasteiger partial charge < -0.3 is 18.8 Å². The van der Waals surface area contributed by atoms with Crippen molar-refractivity contribution in [1.29, 1.82) is 1.43 Å². The van der Waals surface area contributed by atoms with Crippen molar-refractivity contribution < 1.29 is 18.8 Å². The standard InChI is InChI=1S/C25H46NO4PSi/c1-18(2)26(19(3)4)31(8)29-23-22(17-27)28-21(16-20-14-12-11-13-15-20)24(23)30-32(9,10)25(5,6)7/h11-15,18-19,21-24,27H,16-17H2,1-10H3/t21-,22+,23?,24+,31?/m0/s1/i27D.